The van der Waals surface area contributed by atoms with Crippen molar-refractivity contribution in [2.75, 3.05) is 13.1 Å². The molecule has 2 aliphatic heterocycles. The molecule has 7 heteroatoms. The van der Waals surface area contributed by atoms with Gasteiger partial charge in [0.05, 0.1) is 0 Å². The highest BCUT2D eigenvalue weighted by molar-refractivity contribution is 6.07. The van der Waals surface area contributed by atoms with E-state index < -0.39 is 11.6 Å². The average Bonchev–Trinajstić information content (AvgIpc) is 3.12. The zero-order valence-electron chi connectivity index (χ0n) is 18.1. The third kappa shape index (κ3) is 4.28. The molecule has 2 aromatic carbocycles. The molecule has 2 fully saturated rings. The summed E-state index contributed by atoms with van der Waals surface area (Å²) in [7, 11) is 0. The number of rotatable bonds is 6. The number of nitrogens with zero attached hydrogens (tertiary/aromatic N) is 1. The van der Waals surface area contributed by atoms with E-state index in [1.165, 1.54) is 6.92 Å². The molecule has 2 saturated heterocycles. The van der Waals surface area contributed by atoms with Crippen LogP contribution in [0.15, 0.2) is 54.6 Å². The van der Waals surface area contributed by atoms with E-state index in [1.54, 1.807) is 29.2 Å². The van der Waals surface area contributed by atoms with Crippen molar-refractivity contribution >= 4 is 23.6 Å². The number of carbonyl (C=O) groups is 4. The molecule has 166 valence electrons. The number of ketones is 1. The van der Waals surface area contributed by atoms with Gasteiger partial charge in [-0.15, -0.1) is 0 Å². The average molecular weight is 434 g/mol. The molecule has 2 aliphatic rings. The van der Waals surface area contributed by atoms with Gasteiger partial charge in [-0.2, -0.15) is 0 Å². The lowest BCUT2D eigenvalue weighted by Gasteiger charge is -2.40. The highest BCUT2D eigenvalue weighted by Crippen LogP contribution is 2.35. The van der Waals surface area contributed by atoms with Crippen molar-refractivity contribution in [3.8, 4) is 0 Å². The highest BCUT2D eigenvalue weighted by atomic mass is 16.2. The Bertz CT molecular complexity index is 1030. The van der Waals surface area contributed by atoms with Crippen molar-refractivity contribution in [2.24, 2.45) is 5.92 Å². The molecule has 0 aliphatic carbocycles. The molecule has 1 atom stereocenters. The number of hydrogen-bond acceptors (Lipinski definition) is 4. The van der Waals surface area contributed by atoms with Crippen LogP contribution in [0.2, 0.25) is 0 Å². The molecule has 0 bridgehead atoms. The normalized spacial score (nSPS) is 21.2. The zero-order valence-corrected chi connectivity index (χ0v) is 18.1. The minimum Gasteiger partial charge on any atom is -0.339 e. The minimum absolute atomic E-state index is 0.0394. The van der Waals surface area contributed by atoms with Gasteiger partial charge < -0.3 is 10.2 Å². The number of urea groups is 1. The predicted molar refractivity (Wildman–Crippen MR) is 119 cm³/mol. The van der Waals surface area contributed by atoms with Gasteiger partial charge in [0.1, 0.15) is 5.54 Å². The Morgan fingerprint density at radius 3 is 2.16 bits per heavy atom. The second-order valence-corrected chi connectivity index (χ2v) is 8.57. The van der Waals surface area contributed by atoms with Crippen LogP contribution in [-0.4, -0.2) is 47.2 Å². The molecule has 2 aromatic rings. The molecule has 7 nitrogen and oxygen atoms in total. The summed E-state index contributed by atoms with van der Waals surface area (Å²) in [4.78, 5) is 51.0. The minimum atomic E-state index is -0.953. The fourth-order valence-electron chi connectivity index (χ4n) is 4.76. The third-order valence-corrected chi connectivity index (χ3v) is 6.64. The lowest BCUT2D eigenvalue weighted by molar-refractivity contribution is -0.126. The first kappa shape index (κ1) is 21.7. The van der Waals surface area contributed by atoms with Crippen molar-refractivity contribution in [2.45, 2.75) is 38.1 Å². The Morgan fingerprint density at radius 1 is 0.969 bits per heavy atom. The van der Waals surface area contributed by atoms with Crippen LogP contribution in [-0.2, 0) is 11.2 Å². The Morgan fingerprint density at radius 2 is 1.59 bits per heavy atom. The fourth-order valence-corrected chi connectivity index (χ4v) is 4.76. The molecule has 0 radical (unpaired) electrons. The molecule has 0 spiro atoms. The molecule has 0 saturated carbocycles. The third-order valence-electron chi connectivity index (χ3n) is 6.64. The van der Waals surface area contributed by atoms with E-state index in [2.05, 4.69) is 10.6 Å². The number of piperidine rings is 1. The maximum Gasteiger partial charge on any atom is 0.322 e. The van der Waals surface area contributed by atoms with Crippen LogP contribution in [0.25, 0.3) is 0 Å². The number of imide groups is 1. The first-order valence-corrected chi connectivity index (χ1v) is 11.0. The molecule has 2 N–H and O–H groups in total. The summed E-state index contributed by atoms with van der Waals surface area (Å²) in [5, 5.41) is 5.33. The number of Topliss-reactive ketones (excluding diaryl/α,β-unsaturated/α-hetero) is 1. The second-order valence-electron chi connectivity index (χ2n) is 8.57. The number of aryl methyl sites for hydroxylation is 1. The second kappa shape index (κ2) is 8.94. The first-order valence-electron chi connectivity index (χ1n) is 11.0. The maximum atomic E-state index is 12.9. The highest BCUT2D eigenvalue weighted by Gasteiger charge is 2.52. The number of amides is 4. The van der Waals surface area contributed by atoms with Crippen molar-refractivity contribution < 1.29 is 19.2 Å². The van der Waals surface area contributed by atoms with Gasteiger partial charge in [0, 0.05) is 24.2 Å². The van der Waals surface area contributed by atoms with Gasteiger partial charge in [0.15, 0.2) is 5.78 Å². The lowest BCUT2D eigenvalue weighted by Crippen LogP contribution is -2.56. The molecule has 2 heterocycles. The van der Waals surface area contributed by atoms with E-state index in [-0.39, 0.29) is 23.5 Å². The largest absolute Gasteiger partial charge is 0.339 e. The number of likely N-dealkylation sites (tertiary alicyclic amines) is 1. The van der Waals surface area contributed by atoms with E-state index in [4.69, 9.17) is 0 Å². The molecule has 4 amide bonds. The van der Waals surface area contributed by atoms with Gasteiger partial charge in [-0.05, 0) is 56.2 Å². The lowest BCUT2D eigenvalue weighted by atomic mass is 9.74. The van der Waals surface area contributed by atoms with E-state index >= 15 is 0 Å². The van der Waals surface area contributed by atoms with Crippen molar-refractivity contribution in [3.05, 3.63) is 71.3 Å². The standard InChI is InChI=1S/C25H27N3O4/c1-17(29)19-7-9-20(10-8-19)22(30)28-15-12-21(13-16-28)25(23(31)26-24(32)27-25)14-11-18-5-3-2-4-6-18/h2-10,21H,11-16H2,1H3,(H2,26,27,31,32). The van der Waals surface area contributed by atoms with Crippen LogP contribution in [0.5, 0.6) is 0 Å². The smallest absolute Gasteiger partial charge is 0.322 e. The summed E-state index contributed by atoms with van der Waals surface area (Å²) >= 11 is 0. The number of nitrogens with one attached hydrogen (secondary N) is 2. The van der Waals surface area contributed by atoms with Crippen LogP contribution < -0.4 is 10.6 Å². The molecular formula is C25H27N3O4. The maximum absolute atomic E-state index is 12.9. The molecule has 4 rings (SSSR count). The van der Waals surface area contributed by atoms with E-state index in [0.29, 0.717) is 49.9 Å². The van der Waals surface area contributed by atoms with Crippen LogP contribution >= 0.6 is 0 Å². The van der Waals surface area contributed by atoms with Crippen molar-refractivity contribution in [3.63, 3.8) is 0 Å². The summed E-state index contributed by atoms with van der Waals surface area (Å²) in [5.41, 5.74) is 1.27. The summed E-state index contributed by atoms with van der Waals surface area (Å²) in [6.45, 7) is 2.51. The van der Waals surface area contributed by atoms with E-state index in [9.17, 15) is 19.2 Å². The van der Waals surface area contributed by atoms with E-state index in [0.717, 1.165) is 5.56 Å². The van der Waals surface area contributed by atoms with Gasteiger partial charge >= 0.3 is 6.03 Å². The van der Waals surface area contributed by atoms with Crippen LogP contribution in [0, 0.1) is 5.92 Å². The number of benzene rings is 2. The molecule has 0 aromatic heterocycles. The monoisotopic (exact) mass is 433 g/mol. The first-order chi connectivity index (χ1) is 15.4. The molecule has 1 unspecified atom stereocenters. The van der Waals surface area contributed by atoms with Crippen LogP contribution in [0.3, 0.4) is 0 Å². The van der Waals surface area contributed by atoms with Crippen LogP contribution in [0.4, 0.5) is 4.79 Å². The quantitative estimate of drug-likeness (QED) is 0.541. The van der Waals surface area contributed by atoms with E-state index in [1.807, 2.05) is 30.3 Å². The number of carbonyl (C=O) groups excluding carboxylic acids is 4. The summed E-state index contributed by atoms with van der Waals surface area (Å²) in [5.74, 6) is -0.455. The summed E-state index contributed by atoms with van der Waals surface area (Å²) in [6, 6.07) is 16.1. The Hall–Kier alpha value is -3.48. The predicted octanol–water partition coefficient (Wildman–Crippen LogP) is 2.95. The van der Waals surface area contributed by atoms with Crippen molar-refractivity contribution in [1.82, 2.24) is 15.5 Å². The summed E-state index contributed by atoms with van der Waals surface area (Å²) < 4.78 is 0. The van der Waals surface area contributed by atoms with Crippen LogP contribution in [0.1, 0.15) is 52.5 Å². The topological polar surface area (TPSA) is 95.6 Å². The SMILES string of the molecule is CC(=O)c1ccc(C(=O)N2CCC(C3(CCc4ccccc4)NC(=O)NC3=O)CC2)cc1. The Labute approximate surface area is 187 Å². The van der Waals surface area contributed by atoms with Gasteiger partial charge in [-0.25, -0.2) is 4.79 Å². The zero-order chi connectivity index (χ0) is 22.7. The van der Waals surface area contributed by atoms with Gasteiger partial charge in [0.25, 0.3) is 11.8 Å². The summed E-state index contributed by atoms with van der Waals surface area (Å²) in [6.07, 6.45) is 2.44. The Kier molecular flexibility index (Phi) is 6.08. The molecular weight excluding hydrogens is 406 g/mol. The molecule has 32 heavy (non-hydrogen) atoms. The fraction of sp³-hybridized carbons (Fsp3) is 0.360. The van der Waals surface area contributed by atoms with Gasteiger partial charge in [-0.1, -0.05) is 42.5 Å². The number of hydrogen-bond donors (Lipinski definition) is 2. The van der Waals surface area contributed by atoms with Gasteiger partial charge in [0.2, 0.25) is 0 Å². The van der Waals surface area contributed by atoms with Crippen molar-refractivity contribution in [1.29, 1.82) is 0 Å². The Balaban J connectivity index is 1.44. The van der Waals surface area contributed by atoms with Gasteiger partial charge in [-0.3, -0.25) is 19.7 Å².